The molecule has 1 atom stereocenters. The highest BCUT2D eigenvalue weighted by Gasteiger charge is 2.23. The number of nitrogens with zero attached hydrogens (tertiary/aromatic N) is 1. The third kappa shape index (κ3) is 7.42. The quantitative estimate of drug-likeness (QED) is 0.530. The first-order valence-electron chi connectivity index (χ1n) is 8.52. The molecule has 2 N–H and O–H groups in total. The van der Waals surface area contributed by atoms with Crippen molar-refractivity contribution in [1.29, 1.82) is 0 Å². The van der Waals surface area contributed by atoms with Crippen molar-refractivity contribution in [3.8, 4) is 11.6 Å². The second-order valence-electron chi connectivity index (χ2n) is 5.79. The Morgan fingerprint density at radius 2 is 2.11 bits per heavy atom. The summed E-state index contributed by atoms with van der Waals surface area (Å²) in [5, 5.41) is 2.70. The summed E-state index contributed by atoms with van der Waals surface area (Å²) >= 11 is 4.92. The zero-order valence-corrected chi connectivity index (χ0v) is 18.7. The van der Waals surface area contributed by atoms with Crippen molar-refractivity contribution >= 4 is 49.3 Å². The van der Waals surface area contributed by atoms with E-state index in [-0.39, 0.29) is 5.75 Å². The fourth-order valence-electron chi connectivity index (χ4n) is 2.17. The van der Waals surface area contributed by atoms with Gasteiger partial charge in [0.05, 0.1) is 17.6 Å². The standard InChI is InChI=1S/C18H22BrN3O4S2/c1-3-28(24,25)22-16(9-10-27-2)18(23)21-14-7-8-17(20-12-14)26-15-6-4-5-13(19)11-15/h4-8,11-12,16,22H,3,9-10H2,1-2H3,(H,21,23). The molecule has 0 saturated carbocycles. The minimum absolute atomic E-state index is 0.0841. The number of carbonyl (C=O) groups is 1. The number of pyridine rings is 1. The average molecular weight is 488 g/mol. The largest absolute Gasteiger partial charge is 0.439 e. The van der Waals surface area contributed by atoms with Gasteiger partial charge in [0.2, 0.25) is 21.8 Å². The fourth-order valence-corrected chi connectivity index (χ4v) is 3.85. The van der Waals surface area contributed by atoms with Gasteiger partial charge >= 0.3 is 0 Å². The van der Waals surface area contributed by atoms with Crippen molar-refractivity contribution in [2.24, 2.45) is 0 Å². The molecular weight excluding hydrogens is 466 g/mol. The summed E-state index contributed by atoms with van der Waals surface area (Å²) < 4.78 is 32.7. The molecule has 1 aromatic heterocycles. The van der Waals surface area contributed by atoms with Gasteiger partial charge in [-0.05, 0) is 49.6 Å². The third-order valence-corrected chi connectivity index (χ3v) is 6.19. The number of anilines is 1. The first-order valence-corrected chi connectivity index (χ1v) is 12.4. The number of sulfonamides is 1. The summed E-state index contributed by atoms with van der Waals surface area (Å²) in [7, 11) is -3.49. The Balaban J connectivity index is 2.02. The number of benzene rings is 1. The maximum absolute atomic E-state index is 12.5. The molecule has 0 aliphatic carbocycles. The normalized spacial score (nSPS) is 12.4. The lowest BCUT2D eigenvalue weighted by atomic mass is 10.2. The van der Waals surface area contributed by atoms with E-state index in [1.54, 1.807) is 30.0 Å². The summed E-state index contributed by atoms with van der Waals surface area (Å²) in [5.74, 6) is 1.15. The first kappa shape index (κ1) is 22.7. The Bertz CT molecular complexity index is 892. The van der Waals surface area contributed by atoms with E-state index in [0.29, 0.717) is 29.5 Å². The van der Waals surface area contributed by atoms with Gasteiger partial charge in [-0.15, -0.1) is 0 Å². The van der Waals surface area contributed by atoms with Crippen LogP contribution in [0, 0.1) is 0 Å². The van der Waals surface area contributed by atoms with Crippen molar-refractivity contribution in [2.45, 2.75) is 19.4 Å². The van der Waals surface area contributed by atoms with Crippen molar-refractivity contribution in [2.75, 3.05) is 23.1 Å². The SMILES string of the molecule is CCS(=O)(=O)NC(CCSC)C(=O)Nc1ccc(Oc2cccc(Br)c2)nc1. The van der Waals surface area contributed by atoms with E-state index in [2.05, 4.69) is 31.0 Å². The molecule has 2 aromatic rings. The minimum Gasteiger partial charge on any atom is -0.439 e. The van der Waals surface area contributed by atoms with Crippen LogP contribution in [0.5, 0.6) is 11.6 Å². The topological polar surface area (TPSA) is 97.4 Å². The van der Waals surface area contributed by atoms with Crippen LogP contribution in [-0.4, -0.2) is 43.1 Å². The van der Waals surface area contributed by atoms with E-state index < -0.39 is 22.0 Å². The van der Waals surface area contributed by atoms with Gasteiger partial charge in [-0.1, -0.05) is 22.0 Å². The molecule has 2 rings (SSSR count). The zero-order chi connectivity index (χ0) is 20.6. The van der Waals surface area contributed by atoms with Gasteiger partial charge in [0, 0.05) is 10.5 Å². The molecule has 1 aromatic carbocycles. The van der Waals surface area contributed by atoms with E-state index in [1.807, 2.05) is 24.5 Å². The van der Waals surface area contributed by atoms with Gasteiger partial charge < -0.3 is 10.1 Å². The molecule has 0 aliphatic heterocycles. The Morgan fingerprint density at radius 3 is 2.71 bits per heavy atom. The van der Waals surface area contributed by atoms with Crippen LogP contribution < -0.4 is 14.8 Å². The number of nitrogens with one attached hydrogen (secondary N) is 2. The number of hydrogen-bond donors (Lipinski definition) is 2. The molecule has 0 aliphatic rings. The first-order chi connectivity index (χ1) is 13.3. The number of aromatic nitrogens is 1. The molecule has 0 saturated heterocycles. The highest BCUT2D eigenvalue weighted by molar-refractivity contribution is 9.10. The van der Waals surface area contributed by atoms with Crippen molar-refractivity contribution in [3.63, 3.8) is 0 Å². The average Bonchev–Trinajstić information content (AvgIpc) is 2.66. The second-order valence-corrected chi connectivity index (χ2v) is 9.73. The molecule has 1 amide bonds. The monoisotopic (exact) mass is 487 g/mol. The highest BCUT2D eigenvalue weighted by Crippen LogP contribution is 2.23. The second kappa shape index (κ2) is 10.8. The summed E-state index contributed by atoms with van der Waals surface area (Å²) in [6, 6.07) is 9.79. The molecule has 0 fully saturated rings. The Labute approximate surface area is 177 Å². The number of thioether (sulfide) groups is 1. The van der Waals surface area contributed by atoms with Gasteiger partial charge in [-0.25, -0.2) is 18.1 Å². The summed E-state index contributed by atoms with van der Waals surface area (Å²) in [4.78, 5) is 16.7. The molecule has 0 radical (unpaired) electrons. The molecular formula is C18H22BrN3O4S2. The van der Waals surface area contributed by atoms with E-state index in [4.69, 9.17) is 4.74 Å². The van der Waals surface area contributed by atoms with Crippen molar-refractivity contribution in [1.82, 2.24) is 9.71 Å². The number of rotatable bonds is 10. The molecule has 0 spiro atoms. The van der Waals surface area contributed by atoms with Gasteiger partial charge in [0.1, 0.15) is 11.8 Å². The van der Waals surface area contributed by atoms with Crippen molar-refractivity contribution < 1.29 is 17.9 Å². The van der Waals surface area contributed by atoms with Gasteiger partial charge in [-0.2, -0.15) is 11.8 Å². The molecule has 28 heavy (non-hydrogen) atoms. The molecule has 152 valence electrons. The van der Waals surface area contributed by atoms with E-state index in [0.717, 1.165) is 4.47 Å². The highest BCUT2D eigenvalue weighted by atomic mass is 79.9. The maximum atomic E-state index is 12.5. The molecule has 0 bridgehead atoms. The van der Waals surface area contributed by atoms with Crippen LogP contribution in [0.25, 0.3) is 0 Å². The number of hydrogen-bond acceptors (Lipinski definition) is 6. The number of ether oxygens (including phenoxy) is 1. The number of halogens is 1. The molecule has 10 heteroatoms. The summed E-state index contributed by atoms with van der Waals surface area (Å²) in [6.07, 6.45) is 3.76. The number of carbonyl (C=O) groups excluding carboxylic acids is 1. The van der Waals surface area contributed by atoms with Gasteiger partial charge in [-0.3, -0.25) is 4.79 Å². The zero-order valence-electron chi connectivity index (χ0n) is 15.5. The van der Waals surface area contributed by atoms with E-state index in [1.165, 1.54) is 13.1 Å². The number of amides is 1. The Morgan fingerprint density at radius 1 is 1.32 bits per heavy atom. The lowest BCUT2D eigenvalue weighted by Gasteiger charge is -2.17. The molecule has 1 heterocycles. The Hall–Kier alpha value is -1.62. The lowest BCUT2D eigenvalue weighted by Crippen LogP contribution is -2.44. The van der Waals surface area contributed by atoms with Crippen LogP contribution in [0.3, 0.4) is 0 Å². The van der Waals surface area contributed by atoms with Crippen LogP contribution in [0.1, 0.15) is 13.3 Å². The molecule has 7 nitrogen and oxygen atoms in total. The van der Waals surface area contributed by atoms with Crippen LogP contribution in [0.2, 0.25) is 0 Å². The van der Waals surface area contributed by atoms with E-state index in [9.17, 15) is 13.2 Å². The summed E-state index contributed by atoms with van der Waals surface area (Å²) in [5.41, 5.74) is 0.455. The Kier molecular flexibility index (Phi) is 8.74. The van der Waals surface area contributed by atoms with Crippen LogP contribution in [-0.2, 0) is 14.8 Å². The summed E-state index contributed by atoms with van der Waals surface area (Å²) in [6.45, 7) is 1.53. The smallest absolute Gasteiger partial charge is 0.242 e. The van der Waals surface area contributed by atoms with E-state index >= 15 is 0 Å². The van der Waals surface area contributed by atoms with Gasteiger partial charge in [0.15, 0.2) is 0 Å². The third-order valence-electron chi connectivity index (χ3n) is 3.65. The van der Waals surface area contributed by atoms with Crippen LogP contribution in [0.15, 0.2) is 47.1 Å². The van der Waals surface area contributed by atoms with Gasteiger partial charge in [0.25, 0.3) is 0 Å². The van der Waals surface area contributed by atoms with Crippen LogP contribution in [0.4, 0.5) is 5.69 Å². The minimum atomic E-state index is -3.49. The fraction of sp³-hybridized carbons (Fsp3) is 0.333. The lowest BCUT2D eigenvalue weighted by molar-refractivity contribution is -0.117. The molecule has 1 unspecified atom stereocenters. The van der Waals surface area contributed by atoms with Crippen molar-refractivity contribution in [3.05, 3.63) is 47.1 Å². The van der Waals surface area contributed by atoms with Crippen LogP contribution >= 0.6 is 27.7 Å². The maximum Gasteiger partial charge on any atom is 0.242 e. The predicted molar refractivity (Wildman–Crippen MR) is 116 cm³/mol. The predicted octanol–water partition coefficient (Wildman–Crippen LogP) is 3.64.